The second-order valence-electron chi connectivity index (χ2n) is 7.01. The fourth-order valence-corrected chi connectivity index (χ4v) is 3.73. The average Bonchev–Trinajstić information content (AvgIpc) is 3.22. The molecule has 0 aliphatic rings. The van der Waals surface area contributed by atoms with Gasteiger partial charge in [-0.15, -0.1) is 16.8 Å². The monoisotopic (exact) mass is 469 g/mol. The molecular formula is C23H24FN5O3S. The number of hydrogen-bond donors (Lipinski definition) is 2. The van der Waals surface area contributed by atoms with E-state index >= 15 is 0 Å². The summed E-state index contributed by atoms with van der Waals surface area (Å²) in [6, 6.07) is 11.9. The van der Waals surface area contributed by atoms with E-state index in [0.717, 1.165) is 0 Å². The minimum Gasteiger partial charge on any atom is -0.497 e. The topological polar surface area (TPSA) is 98.1 Å². The lowest BCUT2D eigenvalue weighted by atomic mass is 10.2. The highest BCUT2D eigenvalue weighted by atomic mass is 32.2. The zero-order chi connectivity index (χ0) is 23.8. The number of carbonyl (C=O) groups is 2. The predicted octanol–water partition coefficient (Wildman–Crippen LogP) is 3.83. The molecule has 3 aromatic rings. The lowest BCUT2D eigenvalue weighted by molar-refractivity contribution is -0.113. The van der Waals surface area contributed by atoms with Crippen LogP contribution >= 0.6 is 11.8 Å². The number of ether oxygens (including phenoxy) is 1. The molecule has 1 unspecified atom stereocenters. The highest BCUT2D eigenvalue weighted by Crippen LogP contribution is 2.22. The second-order valence-corrected chi connectivity index (χ2v) is 7.95. The molecule has 0 radical (unpaired) electrons. The molecule has 0 aliphatic heterocycles. The molecule has 2 amide bonds. The third-order valence-corrected chi connectivity index (χ3v) is 5.57. The van der Waals surface area contributed by atoms with E-state index in [4.69, 9.17) is 4.74 Å². The molecule has 0 bridgehead atoms. The summed E-state index contributed by atoms with van der Waals surface area (Å²) < 4.78 is 19.9. The second kappa shape index (κ2) is 11.3. The van der Waals surface area contributed by atoms with Crippen LogP contribution in [0, 0.1) is 5.82 Å². The molecule has 33 heavy (non-hydrogen) atoms. The Hall–Kier alpha value is -3.66. The molecule has 10 heteroatoms. The Bertz CT molecular complexity index is 1120. The van der Waals surface area contributed by atoms with Crippen LogP contribution in [0.4, 0.5) is 10.1 Å². The van der Waals surface area contributed by atoms with Gasteiger partial charge in [0.15, 0.2) is 11.0 Å². The minimum atomic E-state index is -0.436. The zero-order valence-electron chi connectivity index (χ0n) is 18.2. The van der Waals surface area contributed by atoms with Gasteiger partial charge in [-0.05, 0) is 55.5 Å². The van der Waals surface area contributed by atoms with Gasteiger partial charge in [0.1, 0.15) is 11.6 Å². The summed E-state index contributed by atoms with van der Waals surface area (Å²) in [4.78, 5) is 24.9. The summed E-state index contributed by atoms with van der Waals surface area (Å²) in [6.45, 7) is 5.98. The van der Waals surface area contributed by atoms with Crippen LogP contribution in [0.1, 0.15) is 29.1 Å². The van der Waals surface area contributed by atoms with Crippen molar-refractivity contribution in [1.29, 1.82) is 0 Å². The number of carbonyl (C=O) groups excluding carboxylic acids is 2. The molecule has 2 aromatic carbocycles. The van der Waals surface area contributed by atoms with Crippen molar-refractivity contribution in [3.63, 3.8) is 0 Å². The van der Waals surface area contributed by atoms with E-state index in [1.54, 1.807) is 48.9 Å². The smallest absolute Gasteiger partial charge is 0.251 e. The number of amides is 2. The van der Waals surface area contributed by atoms with Gasteiger partial charge in [-0.25, -0.2) is 4.39 Å². The molecule has 0 saturated heterocycles. The maximum absolute atomic E-state index is 13.0. The van der Waals surface area contributed by atoms with Crippen molar-refractivity contribution in [3.8, 4) is 5.75 Å². The summed E-state index contributed by atoms with van der Waals surface area (Å²) >= 11 is 1.20. The quantitative estimate of drug-likeness (QED) is 0.346. The number of allylic oxidation sites excluding steroid dienone is 1. The third-order valence-electron chi connectivity index (χ3n) is 4.60. The number of nitrogens with one attached hydrogen (secondary N) is 2. The van der Waals surface area contributed by atoms with Crippen molar-refractivity contribution in [1.82, 2.24) is 20.1 Å². The molecular weight excluding hydrogens is 445 g/mol. The molecule has 1 atom stereocenters. The van der Waals surface area contributed by atoms with Crippen LogP contribution in [0.5, 0.6) is 5.75 Å². The first-order valence-electron chi connectivity index (χ1n) is 10.1. The fraction of sp³-hybridized carbons (Fsp3) is 0.217. The lowest BCUT2D eigenvalue weighted by Crippen LogP contribution is -2.28. The van der Waals surface area contributed by atoms with Crippen molar-refractivity contribution < 1.29 is 18.7 Å². The molecule has 0 spiro atoms. The number of aromatic nitrogens is 3. The maximum atomic E-state index is 13.0. The van der Waals surface area contributed by atoms with Gasteiger partial charge in [0, 0.05) is 17.8 Å². The Morgan fingerprint density at radius 3 is 2.52 bits per heavy atom. The Morgan fingerprint density at radius 2 is 1.88 bits per heavy atom. The van der Waals surface area contributed by atoms with E-state index in [-0.39, 0.29) is 23.4 Å². The van der Waals surface area contributed by atoms with Crippen LogP contribution in [0.25, 0.3) is 0 Å². The van der Waals surface area contributed by atoms with E-state index in [2.05, 4.69) is 27.4 Å². The van der Waals surface area contributed by atoms with Crippen LogP contribution in [-0.4, -0.2) is 39.4 Å². The summed E-state index contributed by atoms with van der Waals surface area (Å²) in [5.74, 6) is 0.391. The first-order chi connectivity index (χ1) is 15.9. The standard InChI is InChI=1S/C23H24FN5O3S/c1-4-13-29-21(15(2)25-22(31)16-5-11-19(32-3)12-6-16)27-28-23(29)33-14-20(30)26-18-9-7-17(24)8-10-18/h4-12,15H,1,13-14H2,2-3H3,(H,25,31)(H,26,30). The molecule has 8 nitrogen and oxygen atoms in total. The number of halogens is 1. The SMILES string of the molecule is C=CCn1c(SCC(=O)Nc2ccc(F)cc2)nnc1C(C)NC(=O)c1ccc(OC)cc1. The summed E-state index contributed by atoms with van der Waals surface area (Å²) in [7, 11) is 1.56. The van der Waals surface area contributed by atoms with Gasteiger partial charge in [0.25, 0.3) is 5.91 Å². The van der Waals surface area contributed by atoms with E-state index in [9.17, 15) is 14.0 Å². The molecule has 1 heterocycles. The van der Waals surface area contributed by atoms with Crippen molar-refractivity contribution in [3.05, 3.63) is 78.4 Å². The molecule has 2 N–H and O–H groups in total. The van der Waals surface area contributed by atoms with Gasteiger partial charge >= 0.3 is 0 Å². The third kappa shape index (κ3) is 6.42. The van der Waals surface area contributed by atoms with E-state index < -0.39 is 6.04 Å². The van der Waals surface area contributed by atoms with Crippen molar-refractivity contribution in [2.75, 3.05) is 18.2 Å². The Balaban J connectivity index is 1.64. The van der Waals surface area contributed by atoms with E-state index in [0.29, 0.717) is 34.5 Å². The highest BCUT2D eigenvalue weighted by molar-refractivity contribution is 7.99. The molecule has 3 rings (SSSR count). The summed E-state index contributed by atoms with van der Waals surface area (Å²) in [6.07, 6.45) is 1.69. The van der Waals surface area contributed by atoms with Crippen LogP contribution in [0.15, 0.2) is 66.3 Å². The Morgan fingerprint density at radius 1 is 1.18 bits per heavy atom. The lowest BCUT2D eigenvalue weighted by Gasteiger charge is -2.15. The molecule has 172 valence electrons. The molecule has 1 aromatic heterocycles. The molecule has 0 aliphatic carbocycles. The van der Waals surface area contributed by atoms with Crippen LogP contribution in [0.3, 0.4) is 0 Å². The Kier molecular flexibility index (Phi) is 8.20. The van der Waals surface area contributed by atoms with Gasteiger partial charge in [-0.2, -0.15) is 0 Å². The van der Waals surface area contributed by atoms with Crippen LogP contribution < -0.4 is 15.4 Å². The first kappa shape index (κ1) is 24.0. The van der Waals surface area contributed by atoms with Crippen molar-refractivity contribution >= 4 is 29.3 Å². The molecule has 0 saturated carbocycles. The van der Waals surface area contributed by atoms with Crippen molar-refractivity contribution in [2.45, 2.75) is 24.7 Å². The highest BCUT2D eigenvalue weighted by Gasteiger charge is 2.20. The number of nitrogens with zero attached hydrogens (tertiary/aromatic N) is 3. The average molecular weight is 470 g/mol. The number of rotatable bonds is 10. The number of hydrogen-bond acceptors (Lipinski definition) is 6. The van der Waals surface area contributed by atoms with Gasteiger partial charge in [0.2, 0.25) is 5.91 Å². The first-order valence-corrected chi connectivity index (χ1v) is 11.1. The zero-order valence-corrected chi connectivity index (χ0v) is 19.1. The van der Waals surface area contributed by atoms with Gasteiger partial charge in [-0.1, -0.05) is 17.8 Å². The number of anilines is 1. The summed E-state index contributed by atoms with van der Waals surface area (Å²) in [5, 5.41) is 14.5. The normalized spacial score (nSPS) is 11.5. The van der Waals surface area contributed by atoms with E-state index in [1.165, 1.54) is 36.0 Å². The fourth-order valence-electron chi connectivity index (χ4n) is 2.98. The van der Waals surface area contributed by atoms with Crippen molar-refractivity contribution in [2.24, 2.45) is 0 Å². The van der Waals surface area contributed by atoms with Crippen LogP contribution in [-0.2, 0) is 11.3 Å². The summed E-state index contributed by atoms with van der Waals surface area (Å²) in [5.41, 5.74) is 0.995. The van der Waals surface area contributed by atoms with Gasteiger partial charge < -0.3 is 19.9 Å². The minimum absolute atomic E-state index is 0.0826. The van der Waals surface area contributed by atoms with Crippen LogP contribution in [0.2, 0.25) is 0 Å². The van der Waals surface area contributed by atoms with E-state index in [1.807, 2.05) is 0 Å². The predicted molar refractivity (Wildman–Crippen MR) is 125 cm³/mol. The Labute approximate surface area is 195 Å². The van der Waals surface area contributed by atoms with Gasteiger partial charge in [-0.3, -0.25) is 9.59 Å². The largest absolute Gasteiger partial charge is 0.497 e. The van der Waals surface area contributed by atoms with Gasteiger partial charge in [0.05, 0.1) is 18.9 Å². The number of benzene rings is 2. The number of methoxy groups -OCH3 is 1. The number of thioether (sulfide) groups is 1. The maximum Gasteiger partial charge on any atom is 0.251 e. The molecule has 0 fully saturated rings.